The van der Waals surface area contributed by atoms with Crippen LogP contribution in [0.5, 0.6) is 0 Å². The average molecular weight is 450 g/mol. The van der Waals surface area contributed by atoms with Crippen molar-refractivity contribution in [2.45, 2.75) is 6.17 Å². The molecule has 2 N–H and O–H groups in total. The molecule has 1 aliphatic heterocycles. The van der Waals surface area contributed by atoms with Gasteiger partial charge >= 0.3 is 0 Å². The molecule has 1 unspecified atom stereocenters. The van der Waals surface area contributed by atoms with Crippen LogP contribution in [0.4, 0.5) is 10.3 Å². The summed E-state index contributed by atoms with van der Waals surface area (Å²) in [7, 11) is 0. The van der Waals surface area contributed by atoms with E-state index in [1.54, 1.807) is 0 Å². The molecule has 0 bridgehead atoms. The second-order valence-corrected chi connectivity index (χ2v) is 8.06. The number of rotatable bonds is 6. The Morgan fingerprint density at radius 2 is 2.37 bits per heavy atom. The number of anilines is 1. The zero-order valence-corrected chi connectivity index (χ0v) is 16.7. The van der Waals surface area contributed by atoms with Crippen LogP contribution in [0.2, 0.25) is 0 Å². The van der Waals surface area contributed by atoms with Crippen LogP contribution in [-0.2, 0) is 4.79 Å². The van der Waals surface area contributed by atoms with Crippen LogP contribution in [-0.4, -0.2) is 53.5 Å². The normalized spacial score (nSPS) is 17.5. The molecule has 140 valence electrons. The van der Waals surface area contributed by atoms with Gasteiger partial charge in [0.05, 0.1) is 11.1 Å². The SMILES string of the molecule is O=CC1NCCN1CCNc1ncc(F)c(-c2cc3cccc(Br)c3s2)n1. The van der Waals surface area contributed by atoms with Crippen molar-refractivity contribution in [2.75, 3.05) is 31.5 Å². The van der Waals surface area contributed by atoms with E-state index < -0.39 is 5.82 Å². The Balaban J connectivity index is 1.51. The fourth-order valence-electron chi connectivity index (χ4n) is 3.09. The summed E-state index contributed by atoms with van der Waals surface area (Å²) >= 11 is 5.02. The Kier molecular flexibility index (Phi) is 5.44. The van der Waals surface area contributed by atoms with Crippen molar-refractivity contribution >= 4 is 49.6 Å². The molecular formula is C18H17BrFN5OS. The summed E-state index contributed by atoms with van der Waals surface area (Å²) in [5.41, 5.74) is 0.286. The van der Waals surface area contributed by atoms with E-state index in [4.69, 9.17) is 0 Å². The minimum atomic E-state index is -0.451. The Bertz CT molecular complexity index is 982. The summed E-state index contributed by atoms with van der Waals surface area (Å²) < 4.78 is 16.4. The molecular weight excluding hydrogens is 433 g/mol. The Morgan fingerprint density at radius 3 is 3.19 bits per heavy atom. The summed E-state index contributed by atoms with van der Waals surface area (Å²) in [5, 5.41) is 7.27. The lowest BCUT2D eigenvalue weighted by Crippen LogP contribution is -2.39. The fraction of sp³-hybridized carbons (Fsp3) is 0.278. The van der Waals surface area contributed by atoms with E-state index in [1.807, 2.05) is 29.2 Å². The highest BCUT2D eigenvalue weighted by Gasteiger charge is 2.22. The van der Waals surface area contributed by atoms with E-state index >= 15 is 0 Å². The van der Waals surface area contributed by atoms with Gasteiger partial charge in [0.25, 0.3) is 0 Å². The van der Waals surface area contributed by atoms with Gasteiger partial charge in [0.15, 0.2) is 12.1 Å². The van der Waals surface area contributed by atoms with Gasteiger partial charge in [0, 0.05) is 35.4 Å². The third kappa shape index (κ3) is 3.86. The topological polar surface area (TPSA) is 70.2 Å². The Hall–Kier alpha value is -1.94. The van der Waals surface area contributed by atoms with Crippen molar-refractivity contribution in [1.29, 1.82) is 0 Å². The molecule has 2 aromatic heterocycles. The van der Waals surface area contributed by atoms with Gasteiger partial charge in [-0.1, -0.05) is 12.1 Å². The first-order chi connectivity index (χ1) is 13.2. The number of aromatic nitrogens is 2. The van der Waals surface area contributed by atoms with Gasteiger partial charge in [0.2, 0.25) is 5.95 Å². The number of benzene rings is 1. The predicted octanol–water partition coefficient (Wildman–Crippen LogP) is 3.10. The Morgan fingerprint density at radius 1 is 1.48 bits per heavy atom. The number of nitrogens with zero attached hydrogens (tertiary/aromatic N) is 3. The number of nitrogens with one attached hydrogen (secondary N) is 2. The molecule has 0 spiro atoms. The number of hydrogen-bond acceptors (Lipinski definition) is 7. The first-order valence-electron chi connectivity index (χ1n) is 8.53. The zero-order chi connectivity index (χ0) is 18.8. The molecule has 1 atom stereocenters. The number of thiophene rings is 1. The van der Waals surface area contributed by atoms with Crippen LogP contribution in [0.1, 0.15) is 0 Å². The molecule has 4 rings (SSSR count). The summed E-state index contributed by atoms with van der Waals surface area (Å²) in [5.74, 6) is -0.0780. The van der Waals surface area contributed by atoms with Crippen LogP contribution in [0.25, 0.3) is 20.7 Å². The van der Waals surface area contributed by atoms with Gasteiger partial charge in [-0.3, -0.25) is 10.2 Å². The first kappa shape index (κ1) is 18.4. The van der Waals surface area contributed by atoms with Crippen molar-refractivity contribution in [3.63, 3.8) is 0 Å². The number of carbonyl (C=O) groups is 1. The van der Waals surface area contributed by atoms with Crippen molar-refractivity contribution in [2.24, 2.45) is 0 Å². The standard InChI is InChI=1S/C18H17BrFN5OS/c19-12-3-1-2-11-8-14(27-17(11)12)16-13(20)9-23-18(24-16)22-5-7-25-6-4-21-15(25)10-26/h1-3,8-10,15,21H,4-7H2,(H,22,23,24). The summed E-state index contributed by atoms with van der Waals surface area (Å²) in [6, 6.07) is 7.84. The quantitative estimate of drug-likeness (QED) is 0.563. The monoisotopic (exact) mass is 449 g/mol. The molecule has 1 saturated heterocycles. The van der Waals surface area contributed by atoms with E-state index in [1.165, 1.54) is 17.5 Å². The number of aldehydes is 1. The highest BCUT2D eigenvalue weighted by Crippen LogP contribution is 2.37. The van der Waals surface area contributed by atoms with Crippen molar-refractivity contribution in [1.82, 2.24) is 20.2 Å². The molecule has 1 aliphatic rings. The van der Waals surface area contributed by atoms with Gasteiger partial charge < -0.3 is 10.1 Å². The molecule has 1 aromatic carbocycles. The van der Waals surface area contributed by atoms with E-state index in [2.05, 4.69) is 36.5 Å². The van der Waals surface area contributed by atoms with Crippen molar-refractivity contribution in [3.05, 3.63) is 40.8 Å². The number of halogens is 2. The van der Waals surface area contributed by atoms with Gasteiger partial charge in [-0.05, 0) is 33.4 Å². The van der Waals surface area contributed by atoms with E-state index in [0.29, 0.717) is 19.0 Å². The van der Waals surface area contributed by atoms with Crippen LogP contribution in [0, 0.1) is 5.82 Å². The van der Waals surface area contributed by atoms with Crippen LogP contribution < -0.4 is 10.6 Å². The Labute approximate surface area is 167 Å². The summed E-state index contributed by atoms with van der Waals surface area (Å²) in [4.78, 5) is 22.2. The minimum Gasteiger partial charge on any atom is -0.353 e. The smallest absolute Gasteiger partial charge is 0.223 e. The third-order valence-corrected chi connectivity index (χ3v) is 6.54. The molecule has 0 amide bonds. The number of hydrogen-bond donors (Lipinski definition) is 2. The van der Waals surface area contributed by atoms with E-state index in [0.717, 1.165) is 38.8 Å². The van der Waals surface area contributed by atoms with E-state index in [-0.39, 0.29) is 11.9 Å². The largest absolute Gasteiger partial charge is 0.353 e. The second kappa shape index (κ2) is 7.97. The molecule has 9 heteroatoms. The van der Waals surface area contributed by atoms with Gasteiger partial charge in [-0.25, -0.2) is 14.4 Å². The summed E-state index contributed by atoms with van der Waals surface area (Å²) in [6.07, 6.45) is 1.85. The molecule has 0 aliphatic carbocycles. The third-order valence-electron chi connectivity index (χ3n) is 4.43. The number of fused-ring (bicyclic) bond motifs is 1. The molecule has 0 radical (unpaired) electrons. The highest BCUT2D eigenvalue weighted by molar-refractivity contribution is 9.10. The van der Waals surface area contributed by atoms with E-state index in [9.17, 15) is 9.18 Å². The molecule has 27 heavy (non-hydrogen) atoms. The maximum absolute atomic E-state index is 14.3. The van der Waals surface area contributed by atoms with Gasteiger partial charge in [-0.15, -0.1) is 11.3 Å². The summed E-state index contributed by atoms with van der Waals surface area (Å²) in [6.45, 7) is 2.84. The molecule has 0 saturated carbocycles. The lowest BCUT2D eigenvalue weighted by atomic mass is 10.2. The maximum Gasteiger partial charge on any atom is 0.223 e. The molecule has 6 nitrogen and oxygen atoms in total. The predicted molar refractivity (Wildman–Crippen MR) is 108 cm³/mol. The number of carbonyl (C=O) groups excluding carboxylic acids is 1. The zero-order valence-electron chi connectivity index (χ0n) is 14.3. The first-order valence-corrected chi connectivity index (χ1v) is 10.1. The van der Waals surface area contributed by atoms with Crippen LogP contribution >= 0.6 is 27.3 Å². The van der Waals surface area contributed by atoms with Gasteiger partial charge in [-0.2, -0.15) is 0 Å². The lowest BCUT2D eigenvalue weighted by Gasteiger charge is -2.19. The van der Waals surface area contributed by atoms with Crippen molar-refractivity contribution in [3.8, 4) is 10.6 Å². The van der Waals surface area contributed by atoms with Crippen LogP contribution in [0.15, 0.2) is 34.9 Å². The van der Waals surface area contributed by atoms with Crippen molar-refractivity contribution < 1.29 is 9.18 Å². The lowest BCUT2D eigenvalue weighted by molar-refractivity contribution is -0.112. The second-order valence-electron chi connectivity index (χ2n) is 6.16. The molecule has 3 heterocycles. The maximum atomic E-state index is 14.3. The van der Waals surface area contributed by atoms with Gasteiger partial charge in [0.1, 0.15) is 11.9 Å². The fourth-order valence-corrected chi connectivity index (χ4v) is 4.77. The average Bonchev–Trinajstić information content (AvgIpc) is 3.30. The minimum absolute atomic E-state index is 0.242. The molecule has 1 fully saturated rings. The highest BCUT2D eigenvalue weighted by atomic mass is 79.9. The molecule has 3 aromatic rings. The van der Waals surface area contributed by atoms with Crippen LogP contribution in [0.3, 0.4) is 0 Å².